The Hall–Kier alpha value is -4.94. The van der Waals surface area contributed by atoms with Crippen molar-refractivity contribution in [2.24, 2.45) is 0 Å². The number of benzene rings is 2. The van der Waals surface area contributed by atoms with Crippen LogP contribution in [0.25, 0.3) is 0 Å². The van der Waals surface area contributed by atoms with E-state index in [0.717, 1.165) is 24.3 Å². The molecular weight excluding hydrogens is 711 g/mol. The lowest BCUT2D eigenvalue weighted by atomic mass is 9.71. The second-order valence-electron chi connectivity index (χ2n) is 10.2. The van der Waals surface area contributed by atoms with Crippen molar-refractivity contribution in [3.8, 4) is 47.4 Å². The highest BCUT2D eigenvalue weighted by Gasteiger charge is 2.72. The van der Waals surface area contributed by atoms with E-state index in [-0.39, 0.29) is 22.3 Å². The highest BCUT2D eigenvalue weighted by molar-refractivity contribution is 7.11. The molecule has 0 radical (unpaired) electrons. The number of hydrogen-bond donors (Lipinski definition) is 0. The van der Waals surface area contributed by atoms with Crippen LogP contribution in [0.1, 0.15) is 52.9 Å². The van der Waals surface area contributed by atoms with Crippen LogP contribution >= 0.6 is 45.3 Å². The zero-order valence-electron chi connectivity index (χ0n) is 24.8. The van der Waals surface area contributed by atoms with Crippen molar-refractivity contribution in [1.29, 1.82) is 0 Å². The first-order valence-corrected chi connectivity index (χ1v) is 17.7. The molecule has 10 heteroatoms. The molecule has 4 heterocycles. The van der Waals surface area contributed by atoms with Crippen molar-refractivity contribution >= 4 is 45.3 Å². The molecule has 0 bridgehead atoms. The molecule has 0 aliphatic heterocycles. The van der Waals surface area contributed by atoms with Gasteiger partial charge in [-0.15, -0.1) is 45.3 Å². The summed E-state index contributed by atoms with van der Waals surface area (Å²) in [6.07, 6.45) is -11.6. The Morgan fingerprint density at radius 1 is 0.367 bits per heavy atom. The maximum absolute atomic E-state index is 15.4. The Kier molecular flexibility index (Phi) is 9.89. The highest BCUT2D eigenvalue weighted by atomic mass is 32.1. The average Bonchev–Trinajstić information content (AvgIpc) is 3.90. The predicted molar refractivity (Wildman–Crippen MR) is 187 cm³/mol. The third-order valence-electron chi connectivity index (χ3n) is 7.12. The van der Waals surface area contributed by atoms with Crippen molar-refractivity contribution in [2.75, 3.05) is 0 Å². The monoisotopic (exact) mass is 728 g/mol. The third kappa shape index (κ3) is 7.40. The van der Waals surface area contributed by atoms with E-state index in [1.165, 1.54) is 57.5 Å². The van der Waals surface area contributed by atoms with Gasteiger partial charge in [0.1, 0.15) is 0 Å². The minimum atomic E-state index is -5.82. The number of alkyl halides is 6. The molecule has 2 aromatic carbocycles. The smallest absolute Gasteiger partial charge is 0.169 e. The van der Waals surface area contributed by atoms with Gasteiger partial charge in [-0.1, -0.05) is 83.8 Å². The van der Waals surface area contributed by atoms with Crippen molar-refractivity contribution in [3.63, 3.8) is 0 Å². The first kappa shape index (κ1) is 33.9. The van der Waals surface area contributed by atoms with Crippen molar-refractivity contribution < 1.29 is 26.3 Å². The summed E-state index contributed by atoms with van der Waals surface area (Å²) in [5, 5.41) is 7.15. The molecule has 0 unspecified atom stereocenters. The molecule has 0 fully saturated rings. The summed E-state index contributed by atoms with van der Waals surface area (Å²) >= 11 is 5.29. The number of halogens is 6. The maximum Gasteiger partial charge on any atom is 0.411 e. The van der Waals surface area contributed by atoms with Crippen LogP contribution in [0.3, 0.4) is 0 Å². The summed E-state index contributed by atoms with van der Waals surface area (Å²) < 4.78 is 92.1. The van der Waals surface area contributed by atoms with E-state index >= 15 is 26.3 Å². The first-order chi connectivity index (χ1) is 23.5. The molecule has 0 N–H and O–H groups in total. The predicted octanol–water partition coefficient (Wildman–Crippen LogP) is 10.9. The van der Waals surface area contributed by atoms with Gasteiger partial charge < -0.3 is 0 Å². The van der Waals surface area contributed by atoms with Crippen LogP contribution in [0.2, 0.25) is 0 Å². The van der Waals surface area contributed by atoms with E-state index < -0.39 is 28.9 Å². The molecule has 0 saturated heterocycles. The normalized spacial score (nSPS) is 11.2. The molecule has 0 amide bonds. The lowest BCUT2D eigenvalue weighted by molar-refractivity contribution is -0.288. The molecule has 0 nitrogen and oxygen atoms in total. The topological polar surface area (TPSA) is 0 Å². The minimum Gasteiger partial charge on any atom is -0.169 e. The Bertz CT molecular complexity index is 2140. The Labute approximate surface area is 294 Å². The maximum atomic E-state index is 15.4. The number of rotatable bonds is 2. The summed E-state index contributed by atoms with van der Waals surface area (Å²) in [7, 11) is 0. The quantitative estimate of drug-likeness (QED) is 0.123. The second-order valence-corrected chi connectivity index (χ2v) is 14.0. The molecule has 6 rings (SSSR count). The van der Waals surface area contributed by atoms with Gasteiger partial charge in [0.15, 0.2) is 0 Å². The van der Waals surface area contributed by atoms with Crippen molar-refractivity contribution in [3.05, 3.63) is 159 Å². The fourth-order valence-corrected chi connectivity index (χ4v) is 7.16. The molecule has 0 aliphatic carbocycles. The van der Waals surface area contributed by atoms with Gasteiger partial charge in [0.05, 0.1) is 19.5 Å². The molecule has 0 aliphatic rings. The third-order valence-corrected chi connectivity index (χ3v) is 10.3. The average molecular weight is 729 g/mol. The van der Waals surface area contributed by atoms with E-state index in [9.17, 15) is 0 Å². The zero-order chi connectivity index (χ0) is 34.5. The summed E-state index contributed by atoms with van der Waals surface area (Å²) in [5.74, 6) is 22.9. The second kappa shape index (κ2) is 14.3. The lowest BCUT2D eigenvalue weighted by Gasteiger charge is -2.38. The molecule has 0 atom stereocenters. The fraction of sp³-hybridized carbons (Fsp3) is 0.0769. The van der Waals surface area contributed by atoms with Crippen LogP contribution < -0.4 is 0 Å². The van der Waals surface area contributed by atoms with Gasteiger partial charge in [-0.2, -0.15) is 26.3 Å². The van der Waals surface area contributed by atoms with Gasteiger partial charge in [0.2, 0.25) is 5.41 Å². The van der Waals surface area contributed by atoms with Crippen LogP contribution in [0.4, 0.5) is 26.3 Å². The van der Waals surface area contributed by atoms with E-state index in [4.69, 9.17) is 0 Å². The van der Waals surface area contributed by atoms with Crippen LogP contribution in [0.5, 0.6) is 0 Å². The van der Waals surface area contributed by atoms with E-state index in [1.807, 2.05) is 10.8 Å². The van der Waals surface area contributed by atoms with Crippen molar-refractivity contribution in [1.82, 2.24) is 0 Å². The summed E-state index contributed by atoms with van der Waals surface area (Å²) in [6, 6.07) is 19.7. The minimum absolute atomic E-state index is 0.0658. The number of thiophene rings is 4. The van der Waals surface area contributed by atoms with Gasteiger partial charge in [-0.05, 0) is 81.2 Å². The van der Waals surface area contributed by atoms with E-state index in [1.54, 1.807) is 59.3 Å². The molecular formula is C39H18F6S4. The zero-order valence-corrected chi connectivity index (χ0v) is 28.1. The standard InChI is InChI=1S/C39H18F6S4/c40-38(41,42)37(39(43,44)45,31-15-9-27(11-17-33-5-1-21-46-33)29(25-31)13-19-35-7-3-23-48-35)32-16-10-28(12-18-34-6-2-22-47-34)30(26-32)14-20-36-8-4-24-49-36/h1-10,15-16,21-26H. The Morgan fingerprint density at radius 2 is 0.673 bits per heavy atom. The SMILES string of the molecule is FC(F)(F)C(c1ccc(C#Cc2cccs2)c(C#Cc2cccs2)c1)(c1ccc(C#Cc2cccs2)c(C#Cc2cccs2)c1)C(F)(F)F. The molecule has 49 heavy (non-hydrogen) atoms. The summed E-state index contributed by atoms with van der Waals surface area (Å²) in [4.78, 5) is 2.54. The van der Waals surface area contributed by atoms with Crippen LogP contribution in [0, 0.1) is 47.4 Å². The van der Waals surface area contributed by atoms with Gasteiger partial charge in [0, 0.05) is 22.3 Å². The first-order valence-electron chi connectivity index (χ1n) is 14.2. The van der Waals surface area contributed by atoms with E-state index in [0.29, 0.717) is 19.5 Å². The fourth-order valence-electron chi connectivity index (χ4n) is 4.88. The largest absolute Gasteiger partial charge is 0.411 e. The Balaban J connectivity index is 1.58. The van der Waals surface area contributed by atoms with Crippen LogP contribution in [-0.4, -0.2) is 12.4 Å². The molecule has 6 aromatic rings. The highest BCUT2D eigenvalue weighted by Crippen LogP contribution is 2.56. The van der Waals surface area contributed by atoms with Gasteiger partial charge in [-0.3, -0.25) is 0 Å². The summed E-state index contributed by atoms with van der Waals surface area (Å²) in [6.45, 7) is 0. The van der Waals surface area contributed by atoms with Crippen molar-refractivity contribution in [2.45, 2.75) is 17.8 Å². The van der Waals surface area contributed by atoms with Gasteiger partial charge >= 0.3 is 12.4 Å². The molecule has 240 valence electrons. The number of hydrogen-bond acceptors (Lipinski definition) is 4. The lowest BCUT2D eigenvalue weighted by Crippen LogP contribution is -2.54. The van der Waals surface area contributed by atoms with E-state index in [2.05, 4.69) is 47.4 Å². The van der Waals surface area contributed by atoms with Gasteiger partial charge in [-0.25, -0.2) is 0 Å². The van der Waals surface area contributed by atoms with Gasteiger partial charge in [0.25, 0.3) is 0 Å². The summed E-state index contributed by atoms with van der Waals surface area (Å²) in [5.41, 5.74) is -6.26. The molecule has 4 aromatic heterocycles. The van der Waals surface area contributed by atoms with Crippen LogP contribution in [-0.2, 0) is 5.41 Å². The van der Waals surface area contributed by atoms with Crippen LogP contribution in [0.15, 0.2) is 106 Å². The molecule has 0 spiro atoms. The molecule has 0 saturated carbocycles. The Morgan fingerprint density at radius 3 is 0.939 bits per heavy atom.